The Labute approximate surface area is 232 Å². The number of ether oxygens (including phenoxy) is 6. The molecule has 0 aliphatic carbocycles. The summed E-state index contributed by atoms with van der Waals surface area (Å²) in [5.41, 5.74) is -0.922. The molecule has 0 aliphatic rings. The van der Waals surface area contributed by atoms with Gasteiger partial charge < -0.3 is 33.5 Å². The molecule has 0 atom stereocenters. The van der Waals surface area contributed by atoms with E-state index in [4.69, 9.17) is 18.9 Å². The molecule has 0 bridgehead atoms. The molecule has 216 valence electrons. The average Bonchev–Trinajstić information content (AvgIpc) is 2.96. The summed E-state index contributed by atoms with van der Waals surface area (Å²) < 4.78 is 31.0. The Bertz CT molecular complexity index is 1400. The summed E-state index contributed by atoms with van der Waals surface area (Å²) in [5.74, 6) is -2.05. The molecule has 3 aromatic rings. The minimum absolute atomic E-state index is 0.0313. The summed E-state index contributed by atoms with van der Waals surface area (Å²) in [6.07, 6.45) is 0. The van der Waals surface area contributed by atoms with Gasteiger partial charge in [0.15, 0.2) is 23.0 Å². The Kier molecular flexibility index (Phi) is 9.47. The number of hydrogen-bond donors (Lipinski definition) is 1. The van der Waals surface area contributed by atoms with Crippen LogP contribution in [-0.4, -0.2) is 55.3 Å². The number of nitrogens with zero attached hydrogens (tertiary/aromatic N) is 2. The van der Waals surface area contributed by atoms with E-state index in [0.29, 0.717) is 11.1 Å². The number of benzene rings is 3. The first-order valence-corrected chi connectivity index (χ1v) is 11.5. The predicted molar refractivity (Wildman–Crippen MR) is 139 cm³/mol. The number of esters is 2. The Morgan fingerprint density at radius 1 is 0.659 bits per heavy atom. The Balaban J connectivity index is 1.85. The van der Waals surface area contributed by atoms with Gasteiger partial charge in [0.1, 0.15) is 30.1 Å². The van der Waals surface area contributed by atoms with Crippen LogP contribution in [0.4, 0.5) is 11.4 Å². The quantitative estimate of drug-likeness (QED) is 0.186. The molecule has 15 nitrogen and oxygen atoms in total. The van der Waals surface area contributed by atoms with E-state index in [2.05, 4.69) is 9.47 Å². The van der Waals surface area contributed by atoms with Gasteiger partial charge in [-0.2, -0.15) is 0 Å². The molecule has 3 aromatic carbocycles. The van der Waals surface area contributed by atoms with Gasteiger partial charge >= 0.3 is 11.9 Å². The first-order chi connectivity index (χ1) is 19.5. The van der Waals surface area contributed by atoms with Crippen molar-refractivity contribution >= 4 is 23.3 Å². The zero-order valence-corrected chi connectivity index (χ0v) is 22.2. The molecule has 3 rings (SSSR count). The molecule has 0 saturated heterocycles. The van der Waals surface area contributed by atoms with Crippen molar-refractivity contribution in [3.05, 3.63) is 84.9 Å². The van der Waals surface area contributed by atoms with Gasteiger partial charge in [-0.3, -0.25) is 20.2 Å². The monoisotopic (exact) mass is 572 g/mol. The van der Waals surface area contributed by atoms with Crippen molar-refractivity contribution in [2.75, 3.05) is 28.4 Å². The third-order valence-corrected chi connectivity index (χ3v) is 5.59. The summed E-state index contributed by atoms with van der Waals surface area (Å²) >= 11 is 0. The fourth-order valence-electron chi connectivity index (χ4n) is 3.72. The van der Waals surface area contributed by atoms with Crippen molar-refractivity contribution < 1.29 is 53.0 Å². The lowest BCUT2D eigenvalue weighted by atomic mass is 10.1. The number of aromatic hydroxyl groups is 1. The average molecular weight is 572 g/mol. The highest BCUT2D eigenvalue weighted by atomic mass is 16.6. The number of methoxy groups -OCH3 is 4. The molecule has 15 heteroatoms. The van der Waals surface area contributed by atoms with E-state index in [1.54, 1.807) is 6.07 Å². The van der Waals surface area contributed by atoms with Crippen molar-refractivity contribution in [3.63, 3.8) is 0 Å². The zero-order valence-electron chi connectivity index (χ0n) is 22.2. The van der Waals surface area contributed by atoms with Crippen LogP contribution in [0.1, 0.15) is 31.8 Å². The van der Waals surface area contributed by atoms with Crippen LogP contribution in [0.2, 0.25) is 0 Å². The first-order valence-electron chi connectivity index (χ1n) is 11.5. The fourth-order valence-corrected chi connectivity index (χ4v) is 3.72. The van der Waals surface area contributed by atoms with Crippen molar-refractivity contribution in [1.82, 2.24) is 0 Å². The summed E-state index contributed by atoms with van der Waals surface area (Å²) in [4.78, 5) is 45.4. The maximum atomic E-state index is 12.0. The lowest BCUT2D eigenvalue weighted by Gasteiger charge is -2.14. The fraction of sp³-hybridized carbons (Fsp3) is 0.231. The third kappa shape index (κ3) is 6.89. The van der Waals surface area contributed by atoms with Gasteiger partial charge in [-0.1, -0.05) is 0 Å². The van der Waals surface area contributed by atoms with Crippen LogP contribution in [0.5, 0.6) is 28.7 Å². The van der Waals surface area contributed by atoms with Gasteiger partial charge in [-0.05, 0) is 29.3 Å². The van der Waals surface area contributed by atoms with Crippen LogP contribution >= 0.6 is 0 Å². The van der Waals surface area contributed by atoms with E-state index in [1.165, 1.54) is 26.4 Å². The number of carbonyl (C=O) groups is 2. The largest absolute Gasteiger partial charge is 0.508 e. The smallest absolute Gasteiger partial charge is 0.345 e. The van der Waals surface area contributed by atoms with Crippen molar-refractivity contribution in [3.8, 4) is 28.7 Å². The molecule has 0 aromatic heterocycles. The molecule has 0 amide bonds. The van der Waals surface area contributed by atoms with Gasteiger partial charge in [-0.25, -0.2) is 9.59 Å². The van der Waals surface area contributed by atoms with Crippen LogP contribution in [0, 0.1) is 20.2 Å². The highest BCUT2D eigenvalue weighted by Crippen LogP contribution is 2.37. The van der Waals surface area contributed by atoms with Crippen molar-refractivity contribution in [2.24, 2.45) is 0 Å². The minimum Gasteiger partial charge on any atom is -0.508 e. The molecule has 0 aliphatic heterocycles. The number of hydrogen-bond acceptors (Lipinski definition) is 13. The highest BCUT2D eigenvalue weighted by molar-refractivity contribution is 5.95. The predicted octanol–water partition coefficient (Wildman–Crippen LogP) is 3.96. The van der Waals surface area contributed by atoms with Gasteiger partial charge in [0.25, 0.3) is 11.4 Å². The van der Waals surface area contributed by atoms with Gasteiger partial charge in [0.2, 0.25) is 0 Å². The normalized spacial score (nSPS) is 10.3. The number of nitro groups is 2. The summed E-state index contributed by atoms with van der Waals surface area (Å²) in [5, 5.41) is 33.2. The molecular formula is C26H24N2O13. The van der Waals surface area contributed by atoms with E-state index in [-0.39, 0.29) is 53.1 Å². The standard InChI is InChI=1S/C26H24N2O13/c1-36-21-8-17(25(30)38-3)19(27(32)33)10-23(21)40-12-14-5-15(7-16(29)6-14)13-41-24-11-20(28(34)35)18(26(31)39-4)9-22(24)37-2/h5-11,29H,12-13H2,1-4H3. The van der Waals surface area contributed by atoms with Gasteiger partial charge in [0, 0.05) is 12.1 Å². The second-order valence-electron chi connectivity index (χ2n) is 8.12. The van der Waals surface area contributed by atoms with Crippen molar-refractivity contribution in [1.29, 1.82) is 0 Å². The topological polar surface area (TPSA) is 196 Å². The Hall–Kier alpha value is -5.60. The highest BCUT2D eigenvalue weighted by Gasteiger charge is 2.27. The maximum Gasteiger partial charge on any atom is 0.345 e. The second-order valence-corrected chi connectivity index (χ2v) is 8.12. The van der Waals surface area contributed by atoms with Crippen LogP contribution in [0.25, 0.3) is 0 Å². The first kappa shape index (κ1) is 29.9. The summed E-state index contributed by atoms with van der Waals surface area (Å²) in [7, 11) is 4.74. The lowest BCUT2D eigenvalue weighted by molar-refractivity contribution is -0.385. The Morgan fingerprint density at radius 3 is 1.37 bits per heavy atom. The Morgan fingerprint density at radius 2 is 1.05 bits per heavy atom. The van der Waals surface area contributed by atoms with Gasteiger partial charge in [0.05, 0.1) is 50.4 Å². The molecule has 0 heterocycles. The number of rotatable bonds is 12. The molecule has 0 fully saturated rings. The number of phenolic OH excluding ortho intramolecular Hbond substituents is 1. The molecular weight excluding hydrogens is 548 g/mol. The maximum absolute atomic E-state index is 12.0. The van der Waals surface area contributed by atoms with E-state index >= 15 is 0 Å². The third-order valence-electron chi connectivity index (χ3n) is 5.59. The molecule has 1 N–H and O–H groups in total. The van der Waals surface area contributed by atoms with Crippen LogP contribution in [0.3, 0.4) is 0 Å². The van der Waals surface area contributed by atoms with E-state index in [1.807, 2.05) is 0 Å². The zero-order chi connectivity index (χ0) is 30.3. The van der Waals surface area contributed by atoms with Crippen molar-refractivity contribution in [2.45, 2.75) is 13.2 Å². The number of nitro benzene ring substituents is 2. The second kappa shape index (κ2) is 13.0. The van der Waals surface area contributed by atoms with E-state index in [0.717, 1.165) is 38.5 Å². The summed E-state index contributed by atoms with van der Waals surface area (Å²) in [6.45, 7) is -0.371. The SMILES string of the molecule is COC(=O)c1cc(OC)c(OCc2cc(O)cc(COc3cc([N+](=O)[O-])c(C(=O)OC)cc3OC)c2)cc1[N+](=O)[O-]. The van der Waals surface area contributed by atoms with E-state index < -0.39 is 33.2 Å². The van der Waals surface area contributed by atoms with Crippen LogP contribution in [0.15, 0.2) is 42.5 Å². The van der Waals surface area contributed by atoms with E-state index in [9.17, 15) is 34.9 Å². The number of phenols is 1. The molecule has 0 unspecified atom stereocenters. The summed E-state index contributed by atoms with van der Waals surface area (Å²) in [6, 6.07) is 8.64. The van der Waals surface area contributed by atoms with Crippen LogP contribution in [-0.2, 0) is 22.7 Å². The minimum atomic E-state index is -0.930. The number of carbonyl (C=O) groups excluding carboxylic acids is 2. The molecule has 0 saturated carbocycles. The van der Waals surface area contributed by atoms with Gasteiger partial charge in [-0.15, -0.1) is 0 Å². The lowest BCUT2D eigenvalue weighted by Crippen LogP contribution is -2.08. The molecule has 41 heavy (non-hydrogen) atoms. The van der Waals surface area contributed by atoms with Crippen LogP contribution < -0.4 is 18.9 Å². The molecule has 0 radical (unpaired) electrons. The molecule has 0 spiro atoms.